The molecule has 3 aliphatic rings. The van der Waals surface area contributed by atoms with Crippen molar-refractivity contribution < 1.29 is 36.3 Å². The van der Waals surface area contributed by atoms with Gasteiger partial charge >= 0.3 is 6.18 Å². The molecule has 2 saturated heterocycles. The summed E-state index contributed by atoms with van der Waals surface area (Å²) in [5.74, 6) is -3.19. The maximum absolute atomic E-state index is 15.0. The molecule has 1 atom stereocenters. The molecule has 2 amide bonds. The van der Waals surface area contributed by atoms with Crippen LogP contribution in [0.15, 0.2) is 48.7 Å². The number of alkyl halides is 3. The summed E-state index contributed by atoms with van der Waals surface area (Å²) in [6.07, 6.45) is 1.96. The number of halogens is 5. The Kier molecular flexibility index (Phi) is 9.81. The summed E-state index contributed by atoms with van der Waals surface area (Å²) in [5.41, 5.74) is 0.668. The molecule has 1 saturated carbocycles. The number of piperazine rings is 1. The summed E-state index contributed by atoms with van der Waals surface area (Å²) in [4.78, 5) is 32.3. The van der Waals surface area contributed by atoms with Crippen molar-refractivity contribution in [2.24, 2.45) is 0 Å². The van der Waals surface area contributed by atoms with Crippen LogP contribution < -0.4 is 10.1 Å². The van der Waals surface area contributed by atoms with Gasteiger partial charge in [0.25, 0.3) is 0 Å². The molecule has 51 heavy (non-hydrogen) atoms. The third kappa shape index (κ3) is 7.48. The average Bonchev–Trinajstić information content (AvgIpc) is 3.54. The lowest BCUT2D eigenvalue weighted by Crippen LogP contribution is -2.51. The molecule has 1 aliphatic carbocycles. The number of pyridine rings is 1. The lowest BCUT2D eigenvalue weighted by atomic mass is 9.89. The number of aromatic nitrogens is 3. The Hall–Kier alpha value is -4.43. The Labute approximate surface area is 291 Å². The number of hydrogen-bond acceptors (Lipinski definition) is 7. The minimum atomic E-state index is -4.55. The average molecular weight is 711 g/mol. The van der Waals surface area contributed by atoms with Crippen LogP contribution in [0.1, 0.15) is 67.3 Å². The fraction of sp³-hybridized carbons (Fsp3) is 0.459. The van der Waals surface area contributed by atoms with Crippen LogP contribution in [0, 0.1) is 11.6 Å². The van der Waals surface area contributed by atoms with E-state index in [0.29, 0.717) is 41.4 Å². The predicted molar refractivity (Wildman–Crippen MR) is 179 cm³/mol. The summed E-state index contributed by atoms with van der Waals surface area (Å²) in [7, 11) is 1.48. The third-order valence-corrected chi connectivity index (χ3v) is 10.6. The van der Waals surface area contributed by atoms with Crippen LogP contribution >= 0.6 is 0 Å². The topological polar surface area (TPSA) is 92.6 Å². The number of fused-ring (bicyclic) bond motifs is 1. The molecule has 7 rings (SSSR count). The smallest absolute Gasteiger partial charge is 0.433 e. The van der Waals surface area contributed by atoms with Gasteiger partial charge in [0.15, 0.2) is 0 Å². The second kappa shape index (κ2) is 14.3. The molecule has 0 unspecified atom stereocenters. The molecule has 3 fully saturated rings. The number of carbonyl (C=O) groups excluding carboxylic acids is 2. The van der Waals surface area contributed by atoms with Gasteiger partial charge in [-0.3, -0.25) is 24.5 Å². The number of methoxy groups -OCH3 is 1. The summed E-state index contributed by atoms with van der Waals surface area (Å²) in [6.45, 7) is 4.19. The van der Waals surface area contributed by atoms with Gasteiger partial charge in [-0.2, -0.15) is 18.3 Å². The molecule has 4 heterocycles. The van der Waals surface area contributed by atoms with Crippen LogP contribution in [0.3, 0.4) is 0 Å². The van der Waals surface area contributed by atoms with Gasteiger partial charge in [0.2, 0.25) is 11.8 Å². The number of hydrogen-bond donors (Lipinski definition) is 1. The summed E-state index contributed by atoms with van der Waals surface area (Å²) in [5, 5.41) is 7.78. The third-order valence-electron chi connectivity index (χ3n) is 10.6. The van der Waals surface area contributed by atoms with E-state index in [1.165, 1.54) is 31.4 Å². The first-order valence-electron chi connectivity index (χ1n) is 17.4. The SMILES string of the molecule is COc1cc2nn(C3CCC(N4CCN(CCc5cc(F)c([C@H]6CCC(=O)NC6=O)c(F)c5)CC4)CC3)cc2cc1-c1cccc(C(F)(F)F)n1. The number of nitrogens with one attached hydrogen (secondary N) is 1. The molecule has 9 nitrogen and oxygen atoms in total. The van der Waals surface area contributed by atoms with Gasteiger partial charge in [0.1, 0.15) is 23.1 Å². The first kappa shape index (κ1) is 35.0. The molecule has 1 N–H and O–H groups in total. The van der Waals surface area contributed by atoms with E-state index in [1.54, 1.807) is 12.1 Å². The van der Waals surface area contributed by atoms with Gasteiger partial charge < -0.3 is 9.64 Å². The van der Waals surface area contributed by atoms with Crippen molar-refractivity contribution in [3.63, 3.8) is 0 Å². The Morgan fingerprint density at radius 2 is 1.63 bits per heavy atom. The maximum atomic E-state index is 15.0. The van der Waals surface area contributed by atoms with Crippen molar-refractivity contribution >= 4 is 22.7 Å². The standard InChI is InChI=1S/C37H39F5N6O3/c1-51-32-20-31-23(19-27(32)30-3-2-4-33(43-30)37(40,41)42)21-48(45-31)25-7-5-24(6-8-25)47-15-13-46(14-16-47)12-11-22-17-28(38)35(29(39)18-22)26-9-10-34(49)44-36(26)50/h2-4,17-21,24-26H,5-16H2,1H3,(H,44,49,50)/t24?,25?,26-/m1/s1. The molecule has 2 aliphatic heterocycles. The fourth-order valence-corrected chi connectivity index (χ4v) is 7.78. The molecule has 14 heteroatoms. The van der Waals surface area contributed by atoms with Crippen LogP contribution in [0.2, 0.25) is 0 Å². The predicted octanol–water partition coefficient (Wildman–Crippen LogP) is 6.27. The summed E-state index contributed by atoms with van der Waals surface area (Å²) in [6, 6.07) is 10.6. The van der Waals surface area contributed by atoms with E-state index in [9.17, 15) is 31.5 Å². The molecule has 4 aromatic rings. The van der Waals surface area contributed by atoms with Gasteiger partial charge in [-0.05, 0) is 74.4 Å². The quantitative estimate of drug-likeness (QED) is 0.170. The number of benzene rings is 2. The molecule has 0 spiro atoms. The van der Waals surface area contributed by atoms with Crippen molar-refractivity contribution in [2.45, 2.75) is 69.1 Å². The second-order valence-corrected chi connectivity index (χ2v) is 13.7. The number of amides is 2. The monoisotopic (exact) mass is 710 g/mol. The zero-order valence-corrected chi connectivity index (χ0v) is 28.2. The van der Waals surface area contributed by atoms with Crippen molar-refractivity contribution in [3.05, 3.63) is 77.1 Å². The Balaban J connectivity index is 0.917. The first-order valence-corrected chi connectivity index (χ1v) is 17.4. The lowest BCUT2D eigenvalue weighted by Gasteiger charge is -2.42. The van der Waals surface area contributed by atoms with E-state index >= 15 is 0 Å². The fourth-order valence-electron chi connectivity index (χ4n) is 7.78. The van der Waals surface area contributed by atoms with Gasteiger partial charge in [-0.15, -0.1) is 0 Å². The summed E-state index contributed by atoms with van der Waals surface area (Å²) >= 11 is 0. The van der Waals surface area contributed by atoms with Crippen molar-refractivity contribution in [2.75, 3.05) is 39.8 Å². The van der Waals surface area contributed by atoms with Crippen LogP contribution in [0.5, 0.6) is 5.75 Å². The highest BCUT2D eigenvalue weighted by Gasteiger charge is 2.34. The Morgan fingerprint density at radius 1 is 0.922 bits per heavy atom. The highest BCUT2D eigenvalue weighted by molar-refractivity contribution is 6.01. The minimum Gasteiger partial charge on any atom is -0.496 e. The maximum Gasteiger partial charge on any atom is 0.433 e. The molecular formula is C37H39F5N6O3. The summed E-state index contributed by atoms with van der Waals surface area (Å²) < 4.78 is 77.4. The second-order valence-electron chi connectivity index (χ2n) is 13.7. The van der Waals surface area contributed by atoms with Crippen molar-refractivity contribution in [3.8, 4) is 17.0 Å². The highest BCUT2D eigenvalue weighted by Crippen LogP contribution is 2.37. The number of carbonyl (C=O) groups is 2. The van der Waals surface area contributed by atoms with E-state index in [0.717, 1.165) is 63.3 Å². The van der Waals surface area contributed by atoms with E-state index in [-0.39, 0.29) is 30.1 Å². The van der Waals surface area contributed by atoms with Crippen LogP contribution in [0.25, 0.3) is 22.2 Å². The van der Waals surface area contributed by atoms with Crippen molar-refractivity contribution in [1.29, 1.82) is 0 Å². The minimum absolute atomic E-state index is 0.0541. The van der Waals surface area contributed by atoms with E-state index in [2.05, 4.69) is 20.1 Å². The van der Waals surface area contributed by atoms with Crippen LogP contribution in [0.4, 0.5) is 22.0 Å². The van der Waals surface area contributed by atoms with Crippen molar-refractivity contribution in [1.82, 2.24) is 29.9 Å². The lowest BCUT2D eigenvalue weighted by molar-refractivity contribution is -0.141. The number of imide groups is 1. The number of rotatable bonds is 8. The normalized spacial score (nSPS) is 22.4. The Morgan fingerprint density at radius 3 is 2.29 bits per heavy atom. The molecular weight excluding hydrogens is 671 g/mol. The van der Waals surface area contributed by atoms with Gasteiger partial charge in [-0.25, -0.2) is 13.8 Å². The van der Waals surface area contributed by atoms with Crippen LogP contribution in [-0.4, -0.2) is 82.3 Å². The van der Waals surface area contributed by atoms with Crippen LogP contribution in [-0.2, 0) is 22.2 Å². The number of piperidine rings is 1. The largest absolute Gasteiger partial charge is 0.496 e. The molecule has 270 valence electrons. The highest BCUT2D eigenvalue weighted by atomic mass is 19.4. The van der Waals surface area contributed by atoms with E-state index in [4.69, 9.17) is 9.84 Å². The molecule has 2 aromatic heterocycles. The van der Waals surface area contributed by atoms with E-state index in [1.807, 2.05) is 10.9 Å². The van der Waals surface area contributed by atoms with E-state index < -0.39 is 41.2 Å². The zero-order chi connectivity index (χ0) is 35.9. The first-order chi connectivity index (χ1) is 24.5. The molecule has 0 radical (unpaired) electrons. The molecule has 2 aromatic carbocycles. The Bertz CT molecular complexity index is 1910. The number of ether oxygens (including phenoxy) is 1. The van der Waals surface area contributed by atoms with Gasteiger partial charge in [-0.1, -0.05) is 6.07 Å². The van der Waals surface area contributed by atoms with Gasteiger partial charge in [0, 0.05) is 74.0 Å². The molecule has 0 bridgehead atoms. The van der Waals surface area contributed by atoms with Gasteiger partial charge in [0.05, 0.1) is 30.3 Å². The number of nitrogens with zero attached hydrogens (tertiary/aromatic N) is 5. The zero-order valence-electron chi connectivity index (χ0n) is 28.2.